The molecular weight excluding hydrogens is 246 g/mol. The SMILES string of the molecule is CCNC(C1=CCCCCC1)c1cnn2ccccc12. The first kappa shape index (κ1) is 13.4. The van der Waals surface area contributed by atoms with Crippen LogP contribution < -0.4 is 5.32 Å². The molecular formula is C17H23N3. The number of hydrogen-bond donors (Lipinski definition) is 1. The third-order valence-corrected chi connectivity index (χ3v) is 4.12. The van der Waals surface area contributed by atoms with E-state index >= 15 is 0 Å². The number of fused-ring (bicyclic) bond motifs is 1. The van der Waals surface area contributed by atoms with Crippen LogP contribution in [0, 0.1) is 0 Å². The molecule has 1 aliphatic rings. The number of likely N-dealkylation sites (N-methyl/N-ethyl adjacent to an activating group) is 1. The maximum atomic E-state index is 4.49. The largest absolute Gasteiger partial charge is 0.307 e. The van der Waals surface area contributed by atoms with Gasteiger partial charge in [0.2, 0.25) is 0 Å². The summed E-state index contributed by atoms with van der Waals surface area (Å²) in [5, 5.41) is 8.14. The fraction of sp³-hybridized carbons (Fsp3) is 0.471. The highest BCUT2D eigenvalue weighted by atomic mass is 15.2. The van der Waals surface area contributed by atoms with Crippen LogP contribution in [-0.4, -0.2) is 16.2 Å². The Morgan fingerprint density at radius 1 is 1.30 bits per heavy atom. The van der Waals surface area contributed by atoms with Gasteiger partial charge in [-0.05, 0) is 44.4 Å². The molecule has 0 amide bonds. The van der Waals surface area contributed by atoms with Crippen molar-refractivity contribution in [2.24, 2.45) is 0 Å². The van der Waals surface area contributed by atoms with E-state index in [-0.39, 0.29) is 0 Å². The summed E-state index contributed by atoms with van der Waals surface area (Å²) < 4.78 is 1.97. The zero-order valence-corrected chi connectivity index (χ0v) is 12.2. The summed E-state index contributed by atoms with van der Waals surface area (Å²) in [6.45, 7) is 3.15. The van der Waals surface area contributed by atoms with Gasteiger partial charge in [0, 0.05) is 11.8 Å². The molecule has 1 N–H and O–H groups in total. The van der Waals surface area contributed by atoms with Crippen molar-refractivity contribution in [1.29, 1.82) is 0 Å². The summed E-state index contributed by atoms with van der Waals surface area (Å²) in [4.78, 5) is 0. The number of pyridine rings is 1. The van der Waals surface area contributed by atoms with Gasteiger partial charge >= 0.3 is 0 Å². The van der Waals surface area contributed by atoms with Crippen LogP contribution in [-0.2, 0) is 0 Å². The molecule has 2 aromatic rings. The van der Waals surface area contributed by atoms with E-state index < -0.39 is 0 Å². The predicted octanol–water partition coefficient (Wildman–Crippen LogP) is 3.88. The second kappa shape index (κ2) is 6.23. The molecule has 20 heavy (non-hydrogen) atoms. The molecule has 3 heteroatoms. The van der Waals surface area contributed by atoms with Crippen molar-refractivity contribution in [1.82, 2.24) is 14.9 Å². The van der Waals surface area contributed by atoms with Gasteiger partial charge in [-0.2, -0.15) is 5.10 Å². The predicted molar refractivity (Wildman–Crippen MR) is 82.8 cm³/mol. The van der Waals surface area contributed by atoms with Crippen molar-refractivity contribution in [2.75, 3.05) is 6.54 Å². The molecule has 0 saturated heterocycles. The minimum absolute atomic E-state index is 0.318. The van der Waals surface area contributed by atoms with Crippen LogP contribution in [0.5, 0.6) is 0 Å². The van der Waals surface area contributed by atoms with Crippen LogP contribution in [0.3, 0.4) is 0 Å². The summed E-state index contributed by atoms with van der Waals surface area (Å²) in [6, 6.07) is 6.59. The lowest BCUT2D eigenvalue weighted by Gasteiger charge is -2.20. The summed E-state index contributed by atoms with van der Waals surface area (Å²) in [7, 11) is 0. The number of nitrogens with zero attached hydrogens (tertiary/aromatic N) is 2. The van der Waals surface area contributed by atoms with Gasteiger partial charge in [0.25, 0.3) is 0 Å². The van der Waals surface area contributed by atoms with E-state index in [1.807, 2.05) is 23.0 Å². The van der Waals surface area contributed by atoms with Gasteiger partial charge in [-0.3, -0.25) is 0 Å². The number of nitrogens with one attached hydrogen (secondary N) is 1. The maximum Gasteiger partial charge on any atom is 0.0712 e. The molecule has 2 heterocycles. The fourth-order valence-electron chi connectivity index (χ4n) is 3.12. The van der Waals surface area contributed by atoms with Crippen molar-refractivity contribution in [2.45, 2.75) is 45.1 Å². The third kappa shape index (κ3) is 2.63. The Labute approximate surface area is 120 Å². The standard InChI is InChI=1S/C17H23N3/c1-2-18-17(14-9-5-3-4-6-10-14)15-13-19-20-12-8-7-11-16(15)20/h7-9,11-13,17-18H,2-6,10H2,1H3. The minimum Gasteiger partial charge on any atom is -0.307 e. The molecule has 1 aliphatic carbocycles. The molecule has 0 saturated carbocycles. The lowest BCUT2D eigenvalue weighted by Crippen LogP contribution is -2.22. The van der Waals surface area contributed by atoms with Crippen LogP contribution in [0.25, 0.3) is 5.52 Å². The number of aromatic nitrogens is 2. The zero-order valence-electron chi connectivity index (χ0n) is 12.2. The summed E-state index contributed by atoms with van der Waals surface area (Å²) in [6.07, 6.45) is 12.9. The number of allylic oxidation sites excluding steroid dienone is 1. The van der Waals surface area contributed by atoms with Crippen molar-refractivity contribution in [3.05, 3.63) is 47.8 Å². The van der Waals surface area contributed by atoms with E-state index in [1.165, 1.54) is 43.2 Å². The van der Waals surface area contributed by atoms with E-state index in [9.17, 15) is 0 Å². The zero-order chi connectivity index (χ0) is 13.8. The van der Waals surface area contributed by atoms with Crippen LogP contribution in [0.4, 0.5) is 0 Å². The summed E-state index contributed by atoms with van der Waals surface area (Å²) in [5.41, 5.74) is 4.06. The normalized spacial score (nSPS) is 17.8. The van der Waals surface area contributed by atoms with Crippen LogP contribution in [0.2, 0.25) is 0 Å². The molecule has 0 spiro atoms. The third-order valence-electron chi connectivity index (χ3n) is 4.12. The molecule has 1 unspecified atom stereocenters. The molecule has 0 radical (unpaired) electrons. The molecule has 0 bridgehead atoms. The first-order chi connectivity index (χ1) is 9.90. The average molecular weight is 269 g/mol. The first-order valence-corrected chi connectivity index (χ1v) is 7.74. The van der Waals surface area contributed by atoms with Gasteiger partial charge in [0.1, 0.15) is 0 Å². The monoisotopic (exact) mass is 269 g/mol. The second-order valence-corrected chi connectivity index (χ2v) is 5.50. The second-order valence-electron chi connectivity index (χ2n) is 5.50. The van der Waals surface area contributed by atoms with E-state index in [0.29, 0.717) is 6.04 Å². The number of rotatable bonds is 4. The quantitative estimate of drug-likeness (QED) is 0.854. The van der Waals surface area contributed by atoms with Crippen LogP contribution >= 0.6 is 0 Å². The van der Waals surface area contributed by atoms with Gasteiger partial charge in [0.05, 0.1) is 17.8 Å². The fourth-order valence-corrected chi connectivity index (χ4v) is 3.12. The Morgan fingerprint density at radius 2 is 2.25 bits per heavy atom. The smallest absolute Gasteiger partial charge is 0.0712 e. The Kier molecular flexibility index (Phi) is 4.16. The van der Waals surface area contributed by atoms with Gasteiger partial charge in [-0.25, -0.2) is 4.52 Å². The van der Waals surface area contributed by atoms with Gasteiger partial charge in [-0.15, -0.1) is 0 Å². The Bertz CT molecular complexity index is 597. The van der Waals surface area contributed by atoms with Crippen LogP contribution in [0.1, 0.15) is 50.6 Å². The van der Waals surface area contributed by atoms with E-state index in [2.05, 4.69) is 35.5 Å². The van der Waals surface area contributed by atoms with Crippen molar-refractivity contribution < 1.29 is 0 Å². The highest BCUT2D eigenvalue weighted by Crippen LogP contribution is 2.31. The van der Waals surface area contributed by atoms with E-state index in [1.54, 1.807) is 5.57 Å². The highest BCUT2D eigenvalue weighted by molar-refractivity contribution is 5.56. The molecule has 2 aromatic heterocycles. The van der Waals surface area contributed by atoms with Gasteiger partial charge in [0.15, 0.2) is 0 Å². The summed E-state index contributed by atoms with van der Waals surface area (Å²) in [5.74, 6) is 0. The van der Waals surface area contributed by atoms with Crippen molar-refractivity contribution in [3.63, 3.8) is 0 Å². The molecule has 0 fully saturated rings. The van der Waals surface area contributed by atoms with E-state index in [4.69, 9.17) is 0 Å². The maximum absolute atomic E-state index is 4.49. The topological polar surface area (TPSA) is 29.3 Å². The van der Waals surface area contributed by atoms with E-state index in [0.717, 1.165) is 6.54 Å². The molecule has 0 aliphatic heterocycles. The number of hydrogen-bond acceptors (Lipinski definition) is 2. The summed E-state index contributed by atoms with van der Waals surface area (Å²) >= 11 is 0. The lowest BCUT2D eigenvalue weighted by molar-refractivity contribution is 0.592. The van der Waals surface area contributed by atoms with Crippen LogP contribution in [0.15, 0.2) is 42.2 Å². The lowest BCUT2D eigenvalue weighted by atomic mass is 9.96. The Hall–Kier alpha value is -1.61. The average Bonchev–Trinajstić information content (AvgIpc) is 2.71. The van der Waals surface area contributed by atoms with Crippen molar-refractivity contribution in [3.8, 4) is 0 Å². The molecule has 106 valence electrons. The van der Waals surface area contributed by atoms with Gasteiger partial charge in [-0.1, -0.05) is 31.1 Å². The minimum atomic E-state index is 0.318. The Balaban J connectivity index is 1.99. The highest BCUT2D eigenvalue weighted by Gasteiger charge is 2.20. The molecule has 3 rings (SSSR count). The van der Waals surface area contributed by atoms with Crippen molar-refractivity contribution >= 4 is 5.52 Å². The Morgan fingerprint density at radius 3 is 3.15 bits per heavy atom. The molecule has 0 aromatic carbocycles. The molecule has 3 nitrogen and oxygen atoms in total. The first-order valence-electron chi connectivity index (χ1n) is 7.74. The van der Waals surface area contributed by atoms with Gasteiger partial charge < -0.3 is 5.32 Å². The molecule has 1 atom stereocenters.